The lowest BCUT2D eigenvalue weighted by Gasteiger charge is -2.37. The first-order valence-corrected chi connectivity index (χ1v) is 11.9. The summed E-state index contributed by atoms with van der Waals surface area (Å²) in [5.41, 5.74) is 1.38. The van der Waals surface area contributed by atoms with Crippen LogP contribution in [-0.4, -0.2) is 79.2 Å². The predicted molar refractivity (Wildman–Crippen MR) is 130 cm³/mol. The monoisotopic (exact) mass is 532 g/mol. The maximum absolute atomic E-state index is 14.7. The maximum atomic E-state index is 14.7. The Balaban J connectivity index is 1.66. The zero-order valence-corrected chi connectivity index (χ0v) is 20.2. The number of carbonyl (C=O) groups is 1. The quantitative estimate of drug-likeness (QED) is 0.351. The minimum atomic E-state index is -4.20. The lowest BCUT2D eigenvalue weighted by molar-refractivity contribution is -0.138. The van der Waals surface area contributed by atoms with E-state index in [4.69, 9.17) is 21.8 Å². The second-order valence-electron chi connectivity index (χ2n) is 8.57. The van der Waals surface area contributed by atoms with Gasteiger partial charge in [0.2, 0.25) is 0 Å². The number of carbonyl (C=O) groups excluding carboxylic acids is 1. The molecule has 0 saturated carbocycles. The summed E-state index contributed by atoms with van der Waals surface area (Å²) in [7, 11) is 0. The van der Waals surface area contributed by atoms with E-state index in [1.54, 1.807) is 29.2 Å². The van der Waals surface area contributed by atoms with Crippen molar-refractivity contribution in [1.29, 1.82) is 0 Å². The summed E-state index contributed by atoms with van der Waals surface area (Å²) in [4.78, 5) is 16.5. The number of aliphatic hydroxyl groups is 2. The van der Waals surface area contributed by atoms with Gasteiger partial charge in [-0.3, -0.25) is 9.69 Å². The highest BCUT2D eigenvalue weighted by atomic mass is 35.5. The fourth-order valence-corrected chi connectivity index (χ4v) is 4.03. The minimum Gasteiger partial charge on any atom is -0.395 e. The Hall–Kier alpha value is -2.44. The molecule has 0 aromatic heterocycles. The van der Waals surface area contributed by atoms with Gasteiger partial charge in [0.05, 0.1) is 42.6 Å². The normalized spacial score (nSPS) is 14.9. The molecule has 3 rings (SSSR count). The van der Waals surface area contributed by atoms with Crippen LogP contribution >= 0.6 is 11.6 Å². The third-order valence-corrected chi connectivity index (χ3v) is 6.18. The molecular weight excluding hydrogens is 504 g/mol. The Morgan fingerprint density at radius 1 is 1.06 bits per heavy atom. The van der Waals surface area contributed by atoms with Crippen LogP contribution in [0, 0.1) is 5.82 Å². The lowest BCUT2D eigenvalue weighted by atomic mass is 10.1. The molecule has 7 nitrogen and oxygen atoms in total. The summed E-state index contributed by atoms with van der Waals surface area (Å²) < 4.78 is 52.3. The Kier molecular flexibility index (Phi) is 9.92. The number of nitrogens with one attached hydrogen (secondary N) is 2. The van der Waals surface area contributed by atoms with E-state index in [1.165, 1.54) is 12.1 Å². The highest BCUT2D eigenvalue weighted by Gasteiger charge is 2.29. The molecule has 1 saturated heterocycles. The van der Waals surface area contributed by atoms with Gasteiger partial charge in [-0.25, -0.2) is 4.39 Å². The van der Waals surface area contributed by atoms with Crippen LogP contribution in [0.15, 0.2) is 36.4 Å². The van der Waals surface area contributed by atoms with E-state index in [9.17, 15) is 22.4 Å². The Morgan fingerprint density at radius 2 is 1.75 bits per heavy atom. The smallest absolute Gasteiger partial charge is 0.390 e. The average Bonchev–Trinajstić information content (AvgIpc) is 2.84. The Bertz CT molecular complexity index is 1030. The average molecular weight is 533 g/mol. The third kappa shape index (κ3) is 8.04. The number of hydrogen-bond donors (Lipinski definition) is 4. The van der Waals surface area contributed by atoms with Gasteiger partial charge >= 0.3 is 6.18 Å². The standard InChI is InChI=1S/C24H29ClF4N4O3/c25-17-2-4-21(22(12-17)33-9-7-32(8-10-33)6-5-24(27,28)29)31-23(36)19-3-1-16(11-20(19)26)13-30-18(14-34)15-35/h1-4,11-12,18,30,34-35H,5-10,13-15H2,(H,31,36). The van der Waals surface area contributed by atoms with Gasteiger partial charge in [-0.2, -0.15) is 13.2 Å². The molecule has 0 unspecified atom stereocenters. The van der Waals surface area contributed by atoms with Crippen molar-refractivity contribution in [3.05, 3.63) is 58.4 Å². The molecule has 0 spiro atoms. The number of benzene rings is 2. The van der Waals surface area contributed by atoms with Crippen LogP contribution < -0.4 is 15.5 Å². The predicted octanol–water partition coefficient (Wildman–Crippen LogP) is 3.25. The van der Waals surface area contributed by atoms with Gasteiger partial charge in [0.25, 0.3) is 5.91 Å². The molecule has 0 aliphatic carbocycles. The SMILES string of the molecule is O=C(Nc1ccc(Cl)cc1N1CCN(CCC(F)(F)F)CC1)c1ccc(CNC(CO)CO)cc1F. The number of aliphatic hydroxyl groups excluding tert-OH is 2. The molecule has 12 heteroatoms. The molecule has 0 radical (unpaired) electrons. The number of alkyl halides is 3. The molecule has 0 atom stereocenters. The Morgan fingerprint density at radius 3 is 2.36 bits per heavy atom. The second-order valence-corrected chi connectivity index (χ2v) is 9.00. The number of nitrogens with zero attached hydrogens (tertiary/aromatic N) is 2. The molecule has 198 valence electrons. The largest absolute Gasteiger partial charge is 0.395 e. The van der Waals surface area contributed by atoms with Crippen LogP contribution in [0.5, 0.6) is 0 Å². The number of amides is 1. The zero-order valence-electron chi connectivity index (χ0n) is 19.5. The molecular formula is C24H29ClF4N4O3. The number of anilines is 2. The first-order valence-electron chi connectivity index (χ1n) is 11.5. The maximum Gasteiger partial charge on any atom is 0.390 e. The number of hydrogen-bond acceptors (Lipinski definition) is 6. The van der Waals surface area contributed by atoms with E-state index in [0.29, 0.717) is 48.1 Å². The van der Waals surface area contributed by atoms with E-state index in [1.807, 2.05) is 4.90 Å². The summed E-state index contributed by atoms with van der Waals surface area (Å²) in [5.74, 6) is -1.40. The molecule has 36 heavy (non-hydrogen) atoms. The summed E-state index contributed by atoms with van der Waals surface area (Å²) in [6.45, 7) is 1.32. The fraction of sp³-hybridized carbons (Fsp3) is 0.458. The first kappa shape index (κ1) is 28.1. The van der Waals surface area contributed by atoms with Crippen molar-refractivity contribution in [3.8, 4) is 0 Å². The van der Waals surface area contributed by atoms with E-state index < -0.39 is 30.4 Å². The number of piperazine rings is 1. The third-order valence-electron chi connectivity index (χ3n) is 5.95. The van der Waals surface area contributed by atoms with Crippen LogP contribution in [0.4, 0.5) is 28.9 Å². The van der Waals surface area contributed by atoms with Crippen LogP contribution in [0.1, 0.15) is 22.3 Å². The molecule has 1 amide bonds. The number of rotatable bonds is 10. The van der Waals surface area contributed by atoms with Crippen LogP contribution in [0.3, 0.4) is 0 Å². The fourth-order valence-electron chi connectivity index (χ4n) is 3.86. The minimum absolute atomic E-state index is 0.0675. The lowest BCUT2D eigenvalue weighted by Crippen LogP contribution is -2.47. The van der Waals surface area contributed by atoms with Crippen LogP contribution in [0.25, 0.3) is 0 Å². The van der Waals surface area contributed by atoms with Crippen molar-refractivity contribution < 1.29 is 32.6 Å². The summed E-state index contributed by atoms with van der Waals surface area (Å²) in [5, 5.41) is 24.2. The topological polar surface area (TPSA) is 88.1 Å². The van der Waals surface area contributed by atoms with Gasteiger partial charge in [-0.15, -0.1) is 0 Å². The Labute approximate surface area is 211 Å². The summed E-state index contributed by atoms with van der Waals surface area (Å²) in [6.07, 6.45) is -5.07. The molecule has 1 aliphatic heterocycles. The molecule has 4 N–H and O–H groups in total. The summed E-state index contributed by atoms with van der Waals surface area (Å²) in [6, 6.07) is 8.44. The van der Waals surface area contributed by atoms with Gasteiger partial charge in [0, 0.05) is 44.3 Å². The highest BCUT2D eigenvalue weighted by molar-refractivity contribution is 6.31. The van der Waals surface area contributed by atoms with E-state index in [0.717, 1.165) is 0 Å². The van der Waals surface area contributed by atoms with Crippen molar-refractivity contribution in [2.45, 2.75) is 25.2 Å². The van der Waals surface area contributed by atoms with Gasteiger partial charge < -0.3 is 25.7 Å². The van der Waals surface area contributed by atoms with Gasteiger partial charge in [0.15, 0.2) is 0 Å². The van der Waals surface area contributed by atoms with E-state index in [-0.39, 0.29) is 31.9 Å². The van der Waals surface area contributed by atoms with E-state index in [2.05, 4.69) is 10.6 Å². The van der Waals surface area contributed by atoms with Crippen molar-refractivity contribution in [2.24, 2.45) is 0 Å². The van der Waals surface area contributed by atoms with Crippen molar-refractivity contribution in [2.75, 3.05) is 56.2 Å². The van der Waals surface area contributed by atoms with Crippen molar-refractivity contribution in [1.82, 2.24) is 10.2 Å². The van der Waals surface area contributed by atoms with Gasteiger partial charge in [-0.05, 0) is 35.9 Å². The molecule has 1 aliphatic rings. The van der Waals surface area contributed by atoms with Gasteiger partial charge in [0.1, 0.15) is 5.82 Å². The molecule has 2 aromatic carbocycles. The molecule has 1 heterocycles. The van der Waals surface area contributed by atoms with E-state index >= 15 is 0 Å². The summed E-state index contributed by atoms with van der Waals surface area (Å²) >= 11 is 6.16. The van der Waals surface area contributed by atoms with Crippen molar-refractivity contribution >= 4 is 28.9 Å². The molecule has 0 bridgehead atoms. The van der Waals surface area contributed by atoms with Gasteiger partial charge in [-0.1, -0.05) is 17.7 Å². The molecule has 1 fully saturated rings. The van der Waals surface area contributed by atoms with Crippen LogP contribution in [-0.2, 0) is 6.54 Å². The number of halogens is 5. The van der Waals surface area contributed by atoms with Crippen LogP contribution in [0.2, 0.25) is 5.02 Å². The van der Waals surface area contributed by atoms with Crippen molar-refractivity contribution in [3.63, 3.8) is 0 Å². The second kappa shape index (κ2) is 12.7. The highest BCUT2D eigenvalue weighted by Crippen LogP contribution is 2.31. The first-order chi connectivity index (χ1) is 17.1. The zero-order chi connectivity index (χ0) is 26.3. The molecule has 2 aromatic rings.